The topological polar surface area (TPSA) is 84.6 Å². The number of fused-ring (bicyclic) bond motifs is 2. The predicted molar refractivity (Wildman–Crippen MR) is 186 cm³/mol. The van der Waals surface area contributed by atoms with Gasteiger partial charge < -0.3 is 19.9 Å². The molecule has 43 heavy (non-hydrogen) atoms. The first kappa shape index (κ1) is 33.7. The van der Waals surface area contributed by atoms with Gasteiger partial charge in [0.05, 0.1) is 10.7 Å². The smallest absolute Gasteiger partial charge is 0.309 e. The van der Waals surface area contributed by atoms with E-state index in [4.69, 9.17) is 0 Å². The van der Waals surface area contributed by atoms with E-state index in [9.17, 15) is 19.8 Å². The van der Waals surface area contributed by atoms with Gasteiger partial charge in [-0.05, 0) is 49.3 Å². The summed E-state index contributed by atoms with van der Waals surface area (Å²) in [5, 5.41) is 22.5. The molecule has 0 bridgehead atoms. The Morgan fingerprint density at radius 2 is 1.51 bits per heavy atom. The number of carbonyl (C=O) groups excluding carboxylic acids is 1. The molecule has 3 aromatic rings. The minimum Gasteiger partial charge on any atom is -0.550 e. The van der Waals surface area contributed by atoms with Crippen LogP contribution in [0.5, 0.6) is 0 Å². The number of allylic oxidation sites excluding steroid dienone is 6. The minimum atomic E-state index is -1.06. The molecular formula is C31H32N2O4S6. The molecule has 2 aromatic carbocycles. The zero-order chi connectivity index (χ0) is 30.9. The number of aromatic nitrogens is 1. The van der Waals surface area contributed by atoms with Crippen LogP contribution < -0.4 is 14.6 Å². The summed E-state index contributed by atoms with van der Waals surface area (Å²) in [6, 6.07) is 8.67. The first-order valence-corrected chi connectivity index (χ1v) is 19.8. The zero-order valence-corrected chi connectivity index (χ0v) is 29.1. The van der Waals surface area contributed by atoms with Crippen LogP contribution >= 0.6 is 70.1 Å². The maximum atomic E-state index is 11.3. The Morgan fingerprint density at radius 3 is 2.19 bits per heavy atom. The normalized spacial score (nSPS) is 14.3. The standard InChI is InChI=1S/C31H32N2O4S6/c1-38-24-16-20-22(18-26(24)40-3)42-28(32(20)14-12-30(34)35)10-8-6-5-7-9-11-29-33(15-13-31(36)37)21-17-25(39-2)27(41-4)19-23(21)43-29/h5-11,16-19H,12-15H2,1-4H3,(H-,34,35,36,37). The molecule has 0 saturated heterocycles. The monoisotopic (exact) mass is 688 g/mol. The van der Waals surface area contributed by atoms with Crippen molar-refractivity contribution in [1.82, 2.24) is 0 Å². The lowest BCUT2D eigenvalue weighted by Gasteiger charge is -2.21. The molecule has 0 saturated carbocycles. The van der Waals surface area contributed by atoms with Gasteiger partial charge in [0.2, 0.25) is 5.52 Å². The van der Waals surface area contributed by atoms with Crippen molar-refractivity contribution in [3.8, 4) is 0 Å². The van der Waals surface area contributed by atoms with Crippen LogP contribution in [0.3, 0.4) is 0 Å². The largest absolute Gasteiger partial charge is 0.550 e. The number of rotatable bonds is 14. The van der Waals surface area contributed by atoms with Gasteiger partial charge in [-0.1, -0.05) is 53.5 Å². The summed E-state index contributed by atoms with van der Waals surface area (Å²) in [5.74, 6) is -1.88. The van der Waals surface area contributed by atoms with E-state index in [2.05, 4.69) is 52.5 Å². The van der Waals surface area contributed by atoms with Gasteiger partial charge in [-0.2, -0.15) is 4.57 Å². The van der Waals surface area contributed by atoms with Crippen LogP contribution in [0.2, 0.25) is 0 Å². The Hall–Kier alpha value is -2.22. The van der Waals surface area contributed by atoms with Gasteiger partial charge in [-0.3, -0.25) is 4.79 Å². The van der Waals surface area contributed by atoms with Crippen molar-refractivity contribution in [2.45, 2.75) is 43.9 Å². The molecule has 0 fully saturated rings. The van der Waals surface area contributed by atoms with E-state index in [-0.39, 0.29) is 12.8 Å². The van der Waals surface area contributed by atoms with Gasteiger partial charge in [-0.15, -0.1) is 47.0 Å². The first-order chi connectivity index (χ1) is 20.8. The van der Waals surface area contributed by atoms with Crippen LogP contribution in [0.1, 0.15) is 17.8 Å². The van der Waals surface area contributed by atoms with Crippen LogP contribution in [0.25, 0.3) is 16.3 Å². The van der Waals surface area contributed by atoms with Crippen molar-refractivity contribution in [2.24, 2.45) is 0 Å². The molecule has 2 heterocycles. The highest BCUT2D eigenvalue weighted by Crippen LogP contribution is 2.49. The summed E-state index contributed by atoms with van der Waals surface area (Å²) < 4.78 is 3.22. The molecule has 6 nitrogen and oxygen atoms in total. The number of benzene rings is 2. The number of hydrogen-bond acceptors (Lipinski definition) is 10. The van der Waals surface area contributed by atoms with E-state index >= 15 is 0 Å². The maximum absolute atomic E-state index is 11.3. The number of aliphatic carboxylic acids is 2. The molecule has 0 atom stereocenters. The molecule has 4 rings (SSSR count). The molecule has 226 valence electrons. The Labute approximate surface area is 277 Å². The molecule has 0 amide bonds. The van der Waals surface area contributed by atoms with E-state index in [1.165, 1.54) is 19.6 Å². The molecule has 0 spiro atoms. The quantitative estimate of drug-likeness (QED) is 0.106. The maximum Gasteiger partial charge on any atom is 0.309 e. The number of thioether (sulfide) groups is 5. The number of aryl methyl sites for hydroxylation is 1. The van der Waals surface area contributed by atoms with Crippen molar-refractivity contribution in [3.05, 3.63) is 70.8 Å². The third-order valence-corrected chi connectivity index (χ3v) is 12.1. The average molecular weight is 689 g/mol. The van der Waals surface area contributed by atoms with Crippen molar-refractivity contribution in [3.63, 3.8) is 0 Å². The SMILES string of the molecule is CSc1cc2c(cc1SC)N(CCC(=O)[O-])/C(=C/C=C/C=C/C=C/c1sc3cc(SC)c(SC)cc3[n+]1CCC(=O)O)S2. The molecule has 1 aliphatic heterocycles. The van der Waals surface area contributed by atoms with Gasteiger partial charge in [0, 0.05) is 55.6 Å². The van der Waals surface area contributed by atoms with Crippen LogP contribution in [0.4, 0.5) is 5.69 Å². The molecule has 1 aliphatic rings. The van der Waals surface area contributed by atoms with Crippen LogP contribution in [-0.2, 0) is 16.1 Å². The van der Waals surface area contributed by atoms with Crippen molar-refractivity contribution in [2.75, 3.05) is 36.5 Å². The van der Waals surface area contributed by atoms with Crippen LogP contribution in [-0.4, -0.2) is 48.6 Å². The molecule has 0 unspecified atom stereocenters. The summed E-state index contributed by atoms with van der Waals surface area (Å²) in [5.41, 5.74) is 2.08. The highest BCUT2D eigenvalue weighted by atomic mass is 32.2. The molecular weight excluding hydrogens is 657 g/mol. The fourth-order valence-electron chi connectivity index (χ4n) is 4.45. The highest BCUT2D eigenvalue weighted by Gasteiger charge is 2.26. The van der Waals surface area contributed by atoms with E-state index in [0.29, 0.717) is 13.1 Å². The van der Waals surface area contributed by atoms with Gasteiger partial charge >= 0.3 is 5.97 Å². The second kappa shape index (κ2) is 16.2. The Morgan fingerprint density at radius 1 is 0.884 bits per heavy atom. The summed E-state index contributed by atoms with van der Waals surface area (Å²) in [6.45, 7) is 0.755. The number of anilines is 1. The fourth-order valence-corrected chi connectivity index (χ4v) is 9.81. The zero-order valence-electron chi connectivity index (χ0n) is 24.2. The second-order valence-corrected chi connectivity index (χ2v) is 14.6. The number of hydrogen-bond donors (Lipinski definition) is 1. The van der Waals surface area contributed by atoms with Gasteiger partial charge in [-0.25, -0.2) is 0 Å². The van der Waals surface area contributed by atoms with E-state index in [0.717, 1.165) is 30.8 Å². The summed E-state index contributed by atoms with van der Waals surface area (Å²) in [6.07, 6.45) is 22.0. The second-order valence-electron chi connectivity index (χ2n) is 9.10. The fraction of sp³-hybridized carbons (Fsp3) is 0.258. The number of thiazole rings is 1. The minimum absolute atomic E-state index is 0.0496. The lowest BCUT2D eigenvalue weighted by Crippen LogP contribution is -2.36. The van der Waals surface area contributed by atoms with Crippen LogP contribution in [0.15, 0.2) is 90.2 Å². The first-order valence-electron chi connectivity index (χ1n) is 13.2. The number of carbonyl (C=O) groups is 2. The third kappa shape index (κ3) is 8.49. The summed E-state index contributed by atoms with van der Waals surface area (Å²) in [4.78, 5) is 30.5. The molecule has 1 N–H and O–H groups in total. The lowest BCUT2D eigenvalue weighted by molar-refractivity contribution is -0.667. The van der Waals surface area contributed by atoms with Gasteiger partial charge in [0.1, 0.15) is 11.1 Å². The predicted octanol–water partition coefficient (Wildman–Crippen LogP) is 7.27. The van der Waals surface area contributed by atoms with Gasteiger partial charge in [0.15, 0.2) is 6.54 Å². The Bertz CT molecular complexity index is 1630. The third-order valence-electron chi connectivity index (χ3n) is 6.48. The Balaban J connectivity index is 1.52. The van der Waals surface area contributed by atoms with Crippen molar-refractivity contribution >= 4 is 104 Å². The summed E-state index contributed by atoms with van der Waals surface area (Å²) in [7, 11) is 0. The number of nitrogens with zero attached hydrogens (tertiary/aromatic N) is 2. The highest BCUT2D eigenvalue weighted by molar-refractivity contribution is 8.04. The van der Waals surface area contributed by atoms with Crippen LogP contribution in [0, 0.1) is 0 Å². The molecule has 0 aliphatic carbocycles. The van der Waals surface area contributed by atoms with Crippen molar-refractivity contribution < 1.29 is 24.4 Å². The molecule has 12 heteroatoms. The van der Waals surface area contributed by atoms with E-state index < -0.39 is 11.9 Å². The molecule has 0 radical (unpaired) electrons. The van der Waals surface area contributed by atoms with Gasteiger partial charge in [0.25, 0.3) is 5.01 Å². The average Bonchev–Trinajstić information content (AvgIpc) is 3.52. The van der Waals surface area contributed by atoms with Crippen molar-refractivity contribution in [1.29, 1.82) is 0 Å². The number of carboxylic acids is 2. The van der Waals surface area contributed by atoms with E-state index in [1.54, 1.807) is 70.1 Å². The number of carboxylic acid groups (broad SMARTS) is 2. The molecule has 1 aromatic heterocycles. The summed E-state index contributed by atoms with van der Waals surface area (Å²) >= 11 is 10.1. The Kier molecular flexibility index (Phi) is 12.7. The lowest BCUT2D eigenvalue weighted by atomic mass is 10.2. The van der Waals surface area contributed by atoms with E-state index in [1.807, 2.05) is 48.8 Å².